The highest BCUT2D eigenvalue weighted by Crippen LogP contribution is 2.34. The van der Waals surface area contributed by atoms with Crippen LogP contribution in [0.1, 0.15) is 6.92 Å². The standard InChI is InChI=1S/C22H17N3O3/c1-14(26)23-16-8-10-18-19-11-9-17(25(27)28)13-21(19)24(2)22(20(18)12-16)15-6-4-3-5-7-15/h3-13H,1-2H3/p+1. The van der Waals surface area contributed by atoms with Crippen molar-refractivity contribution in [2.24, 2.45) is 7.05 Å². The molecular formula is C22H18N3O3+. The summed E-state index contributed by atoms with van der Waals surface area (Å²) in [7, 11) is 1.90. The van der Waals surface area contributed by atoms with Gasteiger partial charge in [-0.25, -0.2) is 0 Å². The van der Waals surface area contributed by atoms with Gasteiger partial charge in [0.2, 0.25) is 17.1 Å². The maximum absolute atomic E-state index is 11.5. The number of rotatable bonds is 3. The highest BCUT2D eigenvalue weighted by molar-refractivity contribution is 6.10. The van der Waals surface area contributed by atoms with Gasteiger partial charge in [0.05, 0.1) is 21.8 Å². The van der Waals surface area contributed by atoms with Crippen molar-refractivity contribution in [1.82, 2.24) is 0 Å². The molecule has 0 aliphatic heterocycles. The van der Waals surface area contributed by atoms with Crippen LogP contribution in [-0.4, -0.2) is 10.8 Å². The van der Waals surface area contributed by atoms with E-state index in [4.69, 9.17) is 0 Å². The second kappa shape index (κ2) is 6.74. The molecule has 1 heterocycles. The minimum absolute atomic E-state index is 0.0522. The summed E-state index contributed by atoms with van der Waals surface area (Å²) in [6.45, 7) is 1.47. The largest absolute Gasteiger partial charge is 0.326 e. The zero-order valence-electron chi connectivity index (χ0n) is 15.5. The summed E-state index contributed by atoms with van der Waals surface area (Å²) in [5.74, 6) is -0.138. The highest BCUT2D eigenvalue weighted by atomic mass is 16.6. The van der Waals surface area contributed by atoms with Crippen LogP contribution in [-0.2, 0) is 11.8 Å². The van der Waals surface area contributed by atoms with Crippen LogP contribution in [0.25, 0.3) is 32.9 Å². The molecule has 138 valence electrons. The Bertz CT molecular complexity index is 1250. The molecule has 0 fully saturated rings. The Morgan fingerprint density at radius 3 is 2.36 bits per heavy atom. The molecule has 0 spiro atoms. The van der Waals surface area contributed by atoms with Gasteiger partial charge in [0.15, 0.2) is 0 Å². The number of non-ortho nitro benzene ring substituents is 1. The molecule has 1 N–H and O–H groups in total. The van der Waals surface area contributed by atoms with Gasteiger partial charge < -0.3 is 5.32 Å². The first kappa shape index (κ1) is 17.6. The van der Waals surface area contributed by atoms with Crippen LogP contribution >= 0.6 is 0 Å². The molecule has 0 aliphatic rings. The molecule has 6 heteroatoms. The number of nitro groups is 1. The Hall–Kier alpha value is -3.80. The molecular weight excluding hydrogens is 354 g/mol. The number of aromatic nitrogens is 1. The van der Waals surface area contributed by atoms with Gasteiger partial charge >= 0.3 is 0 Å². The summed E-state index contributed by atoms with van der Waals surface area (Å²) in [4.78, 5) is 22.4. The van der Waals surface area contributed by atoms with Gasteiger partial charge in [0, 0.05) is 29.6 Å². The molecule has 0 saturated heterocycles. The van der Waals surface area contributed by atoms with Crippen molar-refractivity contribution in [3.05, 3.63) is 76.8 Å². The molecule has 0 bridgehead atoms. The molecule has 4 aromatic rings. The number of fused-ring (bicyclic) bond motifs is 3. The first-order valence-corrected chi connectivity index (χ1v) is 8.82. The number of nitrogens with one attached hydrogen (secondary N) is 1. The smallest absolute Gasteiger partial charge is 0.276 e. The molecule has 0 saturated carbocycles. The van der Waals surface area contributed by atoms with E-state index in [1.54, 1.807) is 12.1 Å². The van der Waals surface area contributed by atoms with Crippen molar-refractivity contribution in [2.75, 3.05) is 5.32 Å². The van der Waals surface area contributed by atoms with E-state index in [-0.39, 0.29) is 16.5 Å². The maximum Gasteiger partial charge on any atom is 0.276 e. The third-order valence-electron chi connectivity index (χ3n) is 4.82. The van der Waals surface area contributed by atoms with Crippen molar-refractivity contribution in [1.29, 1.82) is 0 Å². The van der Waals surface area contributed by atoms with E-state index in [1.165, 1.54) is 13.0 Å². The fraction of sp³-hybridized carbons (Fsp3) is 0.0909. The summed E-state index contributed by atoms with van der Waals surface area (Å²) in [6.07, 6.45) is 0. The molecule has 3 aromatic carbocycles. The van der Waals surface area contributed by atoms with Crippen LogP contribution in [0.2, 0.25) is 0 Å². The zero-order chi connectivity index (χ0) is 19.8. The number of carbonyl (C=O) groups excluding carboxylic acids is 1. The molecule has 1 aromatic heterocycles. The second-order valence-electron chi connectivity index (χ2n) is 6.67. The normalized spacial score (nSPS) is 10.9. The van der Waals surface area contributed by atoms with Crippen LogP contribution in [0.3, 0.4) is 0 Å². The van der Waals surface area contributed by atoms with Crippen LogP contribution in [0.15, 0.2) is 66.7 Å². The van der Waals surface area contributed by atoms with E-state index in [1.807, 2.05) is 60.1 Å². The molecule has 0 unspecified atom stereocenters. The van der Waals surface area contributed by atoms with Crippen molar-refractivity contribution < 1.29 is 14.3 Å². The van der Waals surface area contributed by atoms with Gasteiger partial charge in [-0.2, -0.15) is 4.57 Å². The average molecular weight is 372 g/mol. The number of nitrogens with zero attached hydrogens (tertiary/aromatic N) is 2. The van der Waals surface area contributed by atoms with E-state index in [9.17, 15) is 14.9 Å². The Morgan fingerprint density at radius 2 is 1.68 bits per heavy atom. The summed E-state index contributed by atoms with van der Waals surface area (Å²) >= 11 is 0. The molecule has 4 rings (SSSR count). The number of hydrogen-bond donors (Lipinski definition) is 1. The Balaban J connectivity index is 2.14. The van der Waals surface area contributed by atoms with E-state index in [0.29, 0.717) is 5.69 Å². The van der Waals surface area contributed by atoms with Crippen molar-refractivity contribution in [3.63, 3.8) is 0 Å². The number of hydrogen-bond acceptors (Lipinski definition) is 3. The second-order valence-corrected chi connectivity index (χ2v) is 6.67. The molecule has 0 aliphatic carbocycles. The lowest BCUT2D eigenvalue weighted by molar-refractivity contribution is -0.632. The topological polar surface area (TPSA) is 76.1 Å². The minimum Gasteiger partial charge on any atom is -0.326 e. The number of amides is 1. The lowest BCUT2D eigenvalue weighted by Crippen LogP contribution is -2.32. The van der Waals surface area contributed by atoms with Crippen LogP contribution in [0.4, 0.5) is 11.4 Å². The summed E-state index contributed by atoms with van der Waals surface area (Å²) in [5.41, 5.74) is 3.45. The third kappa shape index (κ3) is 2.95. The third-order valence-corrected chi connectivity index (χ3v) is 4.82. The number of aryl methyl sites for hydroxylation is 1. The molecule has 6 nitrogen and oxygen atoms in total. The van der Waals surface area contributed by atoms with Gasteiger partial charge in [-0.15, -0.1) is 0 Å². The predicted octanol–water partition coefficient (Wildman–Crippen LogP) is 4.35. The van der Waals surface area contributed by atoms with E-state index < -0.39 is 0 Å². The number of pyridine rings is 1. The van der Waals surface area contributed by atoms with Crippen molar-refractivity contribution >= 4 is 39.0 Å². The average Bonchev–Trinajstić information content (AvgIpc) is 2.68. The predicted molar refractivity (Wildman–Crippen MR) is 109 cm³/mol. The van der Waals surface area contributed by atoms with Gasteiger partial charge in [0.1, 0.15) is 7.05 Å². The number of nitro benzene ring substituents is 1. The quantitative estimate of drug-likeness (QED) is 0.251. The van der Waals surface area contributed by atoms with E-state index in [0.717, 1.165) is 32.9 Å². The monoisotopic (exact) mass is 372 g/mol. The minimum atomic E-state index is -0.383. The fourth-order valence-corrected chi connectivity index (χ4v) is 3.64. The molecule has 1 amide bonds. The fourth-order valence-electron chi connectivity index (χ4n) is 3.64. The van der Waals surface area contributed by atoms with Crippen LogP contribution in [0.5, 0.6) is 0 Å². The molecule has 0 radical (unpaired) electrons. The SMILES string of the molecule is CC(=O)Nc1ccc2c(c1)c(-c1ccccc1)[n+](C)c1cc([N+](=O)[O-])ccc21. The van der Waals surface area contributed by atoms with Crippen LogP contribution in [0, 0.1) is 10.1 Å². The van der Waals surface area contributed by atoms with Gasteiger partial charge in [-0.1, -0.05) is 24.3 Å². The summed E-state index contributed by atoms with van der Waals surface area (Å²) < 4.78 is 1.97. The first-order chi connectivity index (χ1) is 13.5. The lowest BCUT2D eigenvalue weighted by Gasteiger charge is -2.11. The highest BCUT2D eigenvalue weighted by Gasteiger charge is 2.23. The number of carbonyl (C=O) groups is 1. The Morgan fingerprint density at radius 1 is 0.964 bits per heavy atom. The summed E-state index contributed by atoms with van der Waals surface area (Å²) in [6, 6.07) is 20.5. The lowest BCUT2D eigenvalue weighted by atomic mass is 9.98. The van der Waals surface area contributed by atoms with Crippen LogP contribution < -0.4 is 9.88 Å². The molecule has 0 atom stereocenters. The van der Waals surface area contributed by atoms with Gasteiger partial charge in [-0.05, 0) is 30.3 Å². The van der Waals surface area contributed by atoms with Gasteiger partial charge in [0.25, 0.3) is 5.69 Å². The zero-order valence-corrected chi connectivity index (χ0v) is 15.5. The first-order valence-electron chi connectivity index (χ1n) is 8.82. The Labute approximate surface area is 161 Å². The summed E-state index contributed by atoms with van der Waals surface area (Å²) in [5, 5.41) is 16.9. The molecule has 28 heavy (non-hydrogen) atoms. The van der Waals surface area contributed by atoms with Crippen molar-refractivity contribution in [3.8, 4) is 11.3 Å². The van der Waals surface area contributed by atoms with E-state index in [2.05, 4.69) is 5.32 Å². The number of benzene rings is 3. The van der Waals surface area contributed by atoms with Gasteiger partial charge in [-0.3, -0.25) is 14.9 Å². The van der Waals surface area contributed by atoms with E-state index >= 15 is 0 Å². The number of anilines is 1. The Kier molecular flexibility index (Phi) is 4.24. The van der Waals surface area contributed by atoms with Crippen molar-refractivity contribution in [2.45, 2.75) is 6.92 Å². The maximum atomic E-state index is 11.5.